The average Bonchev–Trinajstić information content (AvgIpc) is 3.61. The molecule has 6 rings (SSSR count). The van der Waals surface area contributed by atoms with Gasteiger partial charge in [0.05, 0.1) is 19.2 Å². The zero-order valence-corrected chi connectivity index (χ0v) is 34.6. The van der Waals surface area contributed by atoms with Crippen molar-refractivity contribution in [2.75, 3.05) is 0 Å². The van der Waals surface area contributed by atoms with E-state index in [1.807, 2.05) is 53.8 Å². The number of aliphatic hydroxyl groups excluding tert-OH is 1. The third-order valence-corrected chi connectivity index (χ3v) is 13.2. The van der Waals surface area contributed by atoms with E-state index in [9.17, 15) is 9.90 Å². The molecule has 0 amide bonds. The fourth-order valence-electron chi connectivity index (χ4n) is 6.46. The molecule has 3 aromatic heterocycles. The first-order valence-corrected chi connectivity index (χ1v) is 21.1. The van der Waals surface area contributed by atoms with Crippen LogP contribution in [0.2, 0.25) is 19.6 Å². The predicted molar refractivity (Wildman–Crippen MR) is 206 cm³/mol. The van der Waals surface area contributed by atoms with Crippen LogP contribution in [0.25, 0.3) is 50.4 Å². The maximum atomic E-state index is 12.2. The van der Waals surface area contributed by atoms with E-state index in [0.717, 1.165) is 53.6 Å². The average molecular weight is 854 g/mol. The van der Waals surface area contributed by atoms with Gasteiger partial charge in [0.2, 0.25) is 5.71 Å². The molecule has 4 heterocycles. The number of furan rings is 1. The van der Waals surface area contributed by atoms with Gasteiger partial charge in [-0.15, -0.1) is 18.2 Å². The Labute approximate surface area is 307 Å². The van der Waals surface area contributed by atoms with E-state index in [1.54, 1.807) is 0 Å². The Kier molecular flexibility index (Phi) is 11.1. The van der Waals surface area contributed by atoms with Crippen LogP contribution in [0.4, 0.5) is 0 Å². The summed E-state index contributed by atoms with van der Waals surface area (Å²) in [7, 11) is -1.39. The number of nitrogens with zero attached hydrogens (tertiary/aromatic N) is 2. The molecule has 1 N–H and O–H groups in total. The van der Waals surface area contributed by atoms with Crippen LogP contribution in [-0.2, 0) is 30.3 Å². The Hall–Kier alpha value is -3.25. The zero-order valence-electron chi connectivity index (χ0n) is 31.2. The molecule has 5 nitrogen and oxygen atoms in total. The van der Waals surface area contributed by atoms with Crippen LogP contribution in [-0.4, -0.2) is 28.5 Å². The van der Waals surface area contributed by atoms with Crippen molar-refractivity contribution in [3.8, 4) is 11.3 Å². The second-order valence-electron chi connectivity index (χ2n) is 15.6. The van der Waals surface area contributed by atoms with Crippen LogP contribution in [0, 0.1) is 16.9 Å². The fourth-order valence-corrected chi connectivity index (χ4v) is 7.49. The molecule has 1 radical (unpaired) electrons. The van der Waals surface area contributed by atoms with Crippen molar-refractivity contribution in [3.63, 3.8) is 0 Å². The number of para-hydroxylation sites is 1. The number of fused-ring (bicyclic) bond motifs is 5. The molecule has 0 saturated carbocycles. The van der Waals surface area contributed by atoms with Crippen LogP contribution in [0.1, 0.15) is 86.6 Å². The second kappa shape index (κ2) is 14.2. The van der Waals surface area contributed by atoms with Crippen LogP contribution in [0.5, 0.6) is 0 Å². The van der Waals surface area contributed by atoms with Gasteiger partial charge in [-0.05, 0) is 42.1 Å². The third kappa shape index (κ3) is 6.91. The van der Waals surface area contributed by atoms with E-state index in [4.69, 9.17) is 9.40 Å². The molecule has 0 saturated heterocycles. The molecule has 0 unspecified atom stereocenters. The molecule has 0 atom stereocenters. The summed E-state index contributed by atoms with van der Waals surface area (Å²) in [6.07, 6.45) is 11.2. The van der Waals surface area contributed by atoms with Crippen LogP contribution in [0.15, 0.2) is 71.0 Å². The van der Waals surface area contributed by atoms with Gasteiger partial charge >= 0.3 is 0 Å². The summed E-state index contributed by atoms with van der Waals surface area (Å²) in [5, 5.41) is 15.0. The topological polar surface area (TPSA) is 68.3 Å². The van der Waals surface area contributed by atoms with E-state index in [2.05, 4.69) is 92.8 Å². The van der Waals surface area contributed by atoms with Gasteiger partial charge in [0.25, 0.3) is 0 Å². The van der Waals surface area contributed by atoms with Crippen LogP contribution < -0.4 is 5.19 Å². The zero-order chi connectivity index (χ0) is 35.2. The van der Waals surface area contributed by atoms with E-state index >= 15 is 0 Å². The quantitative estimate of drug-likeness (QED) is 0.0694. The Morgan fingerprint density at radius 2 is 1.63 bits per heavy atom. The molecule has 263 valence electrons. The molecule has 0 bridgehead atoms. The summed E-state index contributed by atoms with van der Waals surface area (Å²) in [6, 6.07) is 18.4. The number of benzene rings is 2. The Bertz CT molecular complexity index is 2030. The number of hydrogen-bond donors (Lipinski definition) is 1. The van der Waals surface area contributed by atoms with E-state index in [-0.39, 0.29) is 47.9 Å². The second-order valence-corrected chi connectivity index (χ2v) is 20.7. The standard InChI is InChI=1S/C27H25N2OSi.C15H28O2.Ir/c1-27(2)14-15-29-24-19(9-7-11-21(24)27)23-20-10-6-8-18(25(20)30-26(23)29)22-13-12-17(16-28-22)31(3,4)5;1-7-14(5,8-2)12(16)11-13(17)15(6,9-3)10-4;/h6-7,9-16H,1-5H3;11,16H,7-10H2,1-6H3;/q-1;;/b;12-11-;. The number of hydrogen-bond acceptors (Lipinski definition) is 4. The normalized spacial score (nSPS) is 14.6. The number of carbonyl (C=O) groups excluding carboxylic acids is 1. The number of allylic oxidation sites excluding steroid dienone is 3. The predicted octanol–water partition coefficient (Wildman–Crippen LogP) is 11.4. The molecule has 49 heavy (non-hydrogen) atoms. The number of pyridine rings is 1. The minimum Gasteiger partial charge on any atom is -0.512 e. The largest absolute Gasteiger partial charge is 0.512 e. The van der Waals surface area contributed by atoms with Gasteiger partial charge in [-0.3, -0.25) is 9.36 Å². The van der Waals surface area contributed by atoms with Crippen LogP contribution in [0.3, 0.4) is 0 Å². The molecular formula is C42H53IrN2O3Si-. The summed E-state index contributed by atoms with van der Waals surface area (Å²) in [4.78, 5) is 17.0. The monoisotopic (exact) mass is 854 g/mol. The molecule has 0 aliphatic carbocycles. The van der Waals surface area contributed by atoms with Gasteiger partial charge in [0.15, 0.2) is 5.78 Å². The Morgan fingerprint density at radius 1 is 0.980 bits per heavy atom. The van der Waals surface area contributed by atoms with Crippen molar-refractivity contribution in [3.05, 3.63) is 78.2 Å². The molecule has 5 aromatic rings. The van der Waals surface area contributed by atoms with Gasteiger partial charge in [-0.2, -0.15) is 0 Å². The minimum absolute atomic E-state index is 0. The van der Waals surface area contributed by atoms with Gasteiger partial charge in [-0.25, -0.2) is 0 Å². The Morgan fingerprint density at radius 3 is 2.20 bits per heavy atom. The summed E-state index contributed by atoms with van der Waals surface area (Å²) in [5.41, 5.74) is 5.56. The number of aromatic nitrogens is 2. The van der Waals surface area contributed by atoms with Crippen molar-refractivity contribution >= 4 is 58.2 Å². The molecule has 0 fully saturated rings. The van der Waals surface area contributed by atoms with Gasteiger partial charge in [-0.1, -0.05) is 122 Å². The van der Waals surface area contributed by atoms with E-state index in [1.165, 1.54) is 33.1 Å². The molecule has 7 heteroatoms. The first-order chi connectivity index (χ1) is 22.5. The van der Waals surface area contributed by atoms with Crippen molar-refractivity contribution in [2.24, 2.45) is 10.8 Å². The van der Waals surface area contributed by atoms with E-state index in [0.29, 0.717) is 0 Å². The smallest absolute Gasteiger partial charge is 0.201 e. The molecule has 1 aliphatic rings. The maximum Gasteiger partial charge on any atom is 0.201 e. The van der Waals surface area contributed by atoms with Gasteiger partial charge < -0.3 is 14.5 Å². The molecule has 1 aliphatic heterocycles. The van der Waals surface area contributed by atoms with Crippen molar-refractivity contribution < 1.29 is 34.4 Å². The SMILES string of the molecule is CC1(C)C=Cn2c3oc4c(-c5ccc([Si](C)(C)C)cn5)[c-]ccc4c3c3cccc1c32.CCC(C)(CC)C(=O)/C=C(\O)C(C)(CC)CC.[Ir]. The van der Waals surface area contributed by atoms with Crippen LogP contribution >= 0.6 is 0 Å². The Balaban J connectivity index is 0.000000260. The number of carbonyl (C=O) groups is 1. The van der Waals surface area contributed by atoms with Gasteiger partial charge in [0.1, 0.15) is 5.76 Å². The molecular weight excluding hydrogens is 801 g/mol. The third-order valence-electron chi connectivity index (χ3n) is 11.2. The number of rotatable bonds is 9. The first-order valence-electron chi connectivity index (χ1n) is 17.6. The summed E-state index contributed by atoms with van der Waals surface area (Å²) < 4.78 is 8.75. The molecule has 2 aromatic carbocycles. The van der Waals surface area contributed by atoms with Crippen molar-refractivity contribution in [1.82, 2.24) is 9.55 Å². The van der Waals surface area contributed by atoms with E-state index < -0.39 is 8.07 Å². The molecule has 0 spiro atoms. The first kappa shape index (κ1) is 38.5. The van der Waals surface area contributed by atoms with Crippen molar-refractivity contribution in [2.45, 2.75) is 106 Å². The number of ketones is 1. The maximum absolute atomic E-state index is 12.2. The minimum atomic E-state index is -1.39. The summed E-state index contributed by atoms with van der Waals surface area (Å²) in [5.74, 6) is 0.286. The van der Waals surface area contributed by atoms with Gasteiger partial charge in [0, 0.05) is 65.6 Å². The summed E-state index contributed by atoms with van der Waals surface area (Å²) >= 11 is 0. The summed E-state index contributed by atoms with van der Waals surface area (Å²) in [6.45, 7) is 23.6. The van der Waals surface area contributed by atoms with Crippen molar-refractivity contribution in [1.29, 1.82) is 0 Å². The number of aliphatic hydroxyl groups is 1. The fraction of sp³-hybridized carbons (Fsp3) is 0.429.